The van der Waals surface area contributed by atoms with Crippen LogP contribution in [0, 0.1) is 34.5 Å². The second kappa shape index (κ2) is 22.7. The lowest BCUT2D eigenvalue weighted by Gasteiger charge is -2.37. The summed E-state index contributed by atoms with van der Waals surface area (Å²) in [5, 5.41) is 0. The van der Waals surface area contributed by atoms with E-state index in [9.17, 15) is 32.4 Å². The van der Waals surface area contributed by atoms with Crippen LogP contribution < -0.4 is 0 Å². The van der Waals surface area contributed by atoms with Crippen LogP contribution in [0.5, 0.6) is 0 Å². The molecule has 4 aliphatic carbocycles. The summed E-state index contributed by atoms with van der Waals surface area (Å²) >= 11 is 0. The molecule has 0 spiro atoms. The summed E-state index contributed by atoms with van der Waals surface area (Å²) < 4.78 is 58.9. The van der Waals surface area contributed by atoms with Crippen molar-refractivity contribution in [1.29, 1.82) is 0 Å². The molecule has 3 heterocycles. The summed E-state index contributed by atoms with van der Waals surface area (Å²) in [7, 11) is -3.84. The van der Waals surface area contributed by atoms with Gasteiger partial charge in [0.25, 0.3) is 10.1 Å². The van der Waals surface area contributed by atoms with E-state index in [0.29, 0.717) is 77.0 Å². The Morgan fingerprint density at radius 3 is 1.54 bits per heavy atom. The first-order chi connectivity index (χ1) is 31.9. The highest BCUT2D eigenvalue weighted by Gasteiger charge is 2.65. The van der Waals surface area contributed by atoms with Gasteiger partial charge in [0.05, 0.1) is 35.4 Å². The van der Waals surface area contributed by atoms with E-state index in [-0.39, 0.29) is 71.3 Å². The van der Waals surface area contributed by atoms with Crippen molar-refractivity contribution in [1.82, 2.24) is 14.7 Å². The molecular formula is C52H89N3O13S. The lowest BCUT2D eigenvalue weighted by Crippen LogP contribution is -2.46. The van der Waals surface area contributed by atoms with Crippen LogP contribution in [-0.2, 0) is 47.6 Å². The van der Waals surface area contributed by atoms with Crippen molar-refractivity contribution < 1.29 is 60.3 Å². The molecule has 69 heavy (non-hydrogen) atoms. The van der Waals surface area contributed by atoms with Gasteiger partial charge >= 0.3 is 24.2 Å². The monoisotopic (exact) mass is 996 g/mol. The van der Waals surface area contributed by atoms with Gasteiger partial charge in [-0.3, -0.25) is 13.8 Å². The maximum Gasteiger partial charge on any atom is 0.410 e. The number of fused-ring (bicyclic) bond motifs is 4. The quantitative estimate of drug-likeness (QED) is 0.115. The van der Waals surface area contributed by atoms with Gasteiger partial charge < -0.3 is 38.4 Å². The van der Waals surface area contributed by atoms with Crippen LogP contribution in [0.15, 0.2) is 0 Å². The van der Waals surface area contributed by atoms with E-state index in [0.717, 1.165) is 44.7 Å². The predicted octanol–water partition coefficient (Wildman–Crippen LogP) is 9.69. The third kappa shape index (κ3) is 15.7. The molecule has 396 valence electrons. The molecule has 7 fully saturated rings. The van der Waals surface area contributed by atoms with Crippen LogP contribution in [0.25, 0.3) is 0 Å². The largest absolute Gasteiger partial charge is 0.462 e. The highest BCUT2D eigenvalue weighted by Crippen LogP contribution is 2.64. The highest BCUT2D eigenvalue weighted by atomic mass is 32.2. The zero-order valence-corrected chi connectivity index (χ0v) is 45.3. The van der Waals surface area contributed by atoms with Gasteiger partial charge in [-0.2, -0.15) is 8.42 Å². The number of amides is 3. The van der Waals surface area contributed by atoms with Gasteiger partial charge in [-0.05, 0) is 157 Å². The van der Waals surface area contributed by atoms with Crippen LogP contribution in [-0.4, -0.2) is 139 Å². The fraction of sp³-hybridized carbons (Fsp3) is 0.904. The van der Waals surface area contributed by atoms with Crippen LogP contribution in [0.4, 0.5) is 14.4 Å². The van der Waals surface area contributed by atoms with Crippen molar-refractivity contribution in [3.63, 3.8) is 0 Å². The molecule has 16 nitrogen and oxygen atoms in total. The van der Waals surface area contributed by atoms with Gasteiger partial charge in [0.15, 0.2) is 0 Å². The molecule has 0 radical (unpaired) electrons. The Kier molecular flexibility index (Phi) is 18.7. The van der Waals surface area contributed by atoms with Crippen LogP contribution >= 0.6 is 0 Å². The highest BCUT2D eigenvalue weighted by molar-refractivity contribution is 7.86. The maximum atomic E-state index is 12.8. The SMILES string of the molecule is CC(C)(C)OC(=O)N1CCC(OC(=O)C2CC3CCC2C3)CC1.CC(C)OC1CCN(C(=O)OC(C)(C)C)CC1.CCC(C)(C)OC(=O)N1CCC(OS(=O)(=O)CC23CCC(CC2=O)C3(C)C)CC1. The Hall–Kier alpha value is -3.18. The minimum Gasteiger partial charge on any atom is -0.462 e. The summed E-state index contributed by atoms with van der Waals surface area (Å²) in [4.78, 5) is 66.2. The van der Waals surface area contributed by atoms with Crippen molar-refractivity contribution in [2.75, 3.05) is 45.0 Å². The van der Waals surface area contributed by atoms with Crippen molar-refractivity contribution in [3.8, 4) is 0 Å². The number of piperidine rings is 3. The molecule has 0 aromatic rings. The number of Topliss-reactive ketones (excluding diaryl/α,β-unsaturated/α-hetero) is 1. The van der Waals surface area contributed by atoms with E-state index >= 15 is 0 Å². The van der Waals surface area contributed by atoms with Gasteiger partial charge in [-0.15, -0.1) is 0 Å². The van der Waals surface area contributed by atoms with E-state index in [1.165, 1.54) is 19.3 Å². The molecule has 0 aromatic heterocycles. The molecule has 5 unspecified atom stereocenters. The average Bonchev–Trinajstić information content (AvgIpc) is 3.98. The third-order valence-electron chi connectivity index (χ3n) is 15.7. The zero-order chi connectivity index (χ0) is 51.3. The van der Waals surface area contributed by atoms with E-state index in [1.54, 1.807) is 14.7 Å². The first-order valence-corrected chi connectivity index (χ1v) is 27.7. The van der Waals surface area contributed by atoms with Crippen molar-refractivity contribution in [3.05, 3.63) is 0 Å². The fourth-order valence-electron chi connectivity index (χ4n) is 11.3. The Bertz CT molecular complexity index is 1880. The first kappa shape index (κ1) is 56.7. The maximum absolute atomic E-state index is 12.8. The molecule has 4 saturated carbocycles. The molecule has 0 aromatic carbocycles. The van der Waals surface area contributed by atoms with Gasteiger partial charge in [-0.25, -0.2) is 14.4 Å². The number of hydrogen-bond donors (Lipinski definition) is 0. The van der Waals surface area contributed by atoms with Gasteiger partial charge in [0.2, 0.25) is 0 Å². The number of likely N-dealkylation sites (tertiary alicyclic amines) is 3. The van der Waals surface area contributed by atoms with Gasteiger partial charge in [0.1, 0.15) is 28.7 Å². The smallest absolute Gasteiger partial charge is 0.410 e. The van der Waals surface area contributed by atoms with Crippen LogP contribution in [0.1, 0.15) is 180 Å². The second-order valence-electron chi connectivity index (χ2n) is 24.4. The van der Waals surface area contributed by atoms with E-state index in [2.05, 4.69) is 0 Å². The molecule has 7 rings (SSSR count). The molecule has 4 bridgehead atoms. The third-order valence-corrected chi connectivity index (χ3v) is 17.1. The van der Waals surface area contributed by atoms with Gasteiger partial charge in [0, 0.05) is 58.5 Å². The molecule has 3 amide bonds. The number of carbonyl (C=O) groups is 5. The van der Waals surface area contributed by atoms with Crippen LogP contribution in [0.3, 0.4) is 0 Å². The lowest BCUT2D eigenvalue weighted by atomic mass is 9.70. The summed E-state index contributed by atoms with van der Waals surface area (Å²) in [6, 6.07) is 0. The van der Waals surface area contributed by atoms with Crippen molar-refractivity contribution in [2.24, 2.45) is 34.5 Å². The molecular weight excluding hydrogens is 907 g/mol. The van der Waals surface area contributed by atoms with E-state index in [1.807, 2.05) is 90.0 Å². The number of hydrogen-bond acceptors (Lipinski definition) is 13. The lowest BCUT2D eigenvalue weighted by molar-refractivity contribution is -0.158. The average molecular weight is 996 g/mol. The van der Waals surface area contributed by atoms with E-state index in [4.69, 9.17) is 27.9 Å². The van der Waals surface area contributed by atoms with Crippen molar-refractivity contribution in [2.45, 2.75) is 221 Å². The minimum absolute atomic E-state index is 0.00733. The summed E-state index contributed by atoms with van der Waals surface area (Å²) in [6.45, 7) is 28.6. The number of nitrogens with zero attached hydrogens (tertiary/aromatic N) is 3. The first-order valence-electron chi connectivity index (χ1n) is 26.2. The molecule has 3 aliphatic heterocycles. The number of carbonyl (C=O) groups excluding carboxylic acids is 5. The molecule has 7 aliphatic rings. The predicted molar refractivity (Wildman–Crippen MR) is 262 cm³/mol. The summed E-state index contributed by atoms with van der Waals surface area (Å²) in [5.41, 5.74) is -2.52. The minimum atomic E-state index is -3.84. The second-order valence-corrected chi connectivity index (χ2v) is 26.0. The summed E-state index contributed by atoms with van der Waals surface area (Å²) in [5.74, 6) is 1.58. The molecule has 3 saturated heterocycles. The topological polar surface area (TPSA) is 185 Å². The van der Waals surface area contributed by atoms with Crippen LogP contribution in [0.2, 0.25) is 0 Å². The Morgan fingerprint density at radius 2 is 1.14 bits per heavy atom. The number of esters is 1. The fourth-order valence-corrected chi connectivity index (χ4v) is 13.3. The Balaban J connectivity index is 0.000000200. The number of ketones is 1. The van der Waals surface area contributed by atoms with Crippen molar-refractivity contribution >= 4 is 40.2 Å². The molecule has 0 N–H and O–H groups in total. The van der Waals surface area contributed by atoms with Gasteiger partial charge in [-0.1, -0.05) is 27.2 Å². The normalized spacial score (nSPS) is 27.6. The number of ether oxygens (including phenoxy) is 5. The standard InChI is InChI=1S/C21H35NO6S.C18H29NO4.C13H25NO3/c1-6-19(2,3)27-18(24)22-11-8-16(9-12-22)28-29(25,26)14-21-10-7-15(13-17(21)23)20(21,4)5;1-18(2,3)23-17(21)19-8-6-14(7-9-19)22-16(20)15-11-12-4-5-13(15)10-12;1-10(2)16-11-6-8-14(9-7-11)12(15)17-13(3,4)5/h15-16H,6-14H2,1-5H3;12-15H,4-11H2,1-3H3;10-11H,6-9H2,1-5H3. The Labute approximate surface area is 414 Å². The van der Waals surface area contributed by atoms with E-state index < -0.39 is 38.4 Å². The Morgan fingerprint density at radius 1 is 0.667 bits per heavy atom. The molecule has 5 atom stereocenters. The summed E-state index contributed by atoms with van der Waals surface area (Å²) in [6.07, 6.45) is 10.8. The zero-order valence-electron chi connectivity index (χ0n) is 44.5. The molecule has 17 heteroatoms. The number of rotatable bonds is 10.